The van der Waals surface area contributed by atoms with E-state index in [4.69, 9.17) is 4.42 Å². The summed E-state index contributed by atoms with van der Waals surface area (Å²) in [4.78, 5) is 39.0. The number of H-pyrrole nitrogens is 1. The summed E-state index contributed by atoms with van der Waals surface area (Å²) in [5.41, 5.74) is 1.11. The molecule has 144 valence electrons. The van der Waals surface area contributed by atoms with Crippen LogP contribution in [0.1, 0.15) is 47.0 Å². The van der Waals surface area contributed by atoms with Crippen molar-refractivity contribution in [2.75, 3.05) is 13.1 Å². The predicted molar refractivity (Wildman–Crippen MR) is 96.1 cm³/mol. The molecule has 3 amide bonds. The van der Waals surface area contributed by atoms with Crippen molar-refractivity contribution in [2.24, 2.45) is 0 Å². The number of amides is 3. The number of aryl methyl sites for hydroxylation is 1. The van der Waals surface area contributed by atoms with E-state index < -0.39 is 6.04 Å². The third-order valence-electron chi connectivity index (χ3n) is 4.53. The molecular formula is C18H23N5O4. The van der Waals surface area contributed by atoms with Gasteiger partial charge in [0.2, 0.25) is 5.91 Å². The van der Waals surface area contributed by atoms with Crippen LogP contribution in [0.2, 0.25) is 0 Å². The van der Waals surface area contributed by atoms with Gasteiger partial charge in [-0.3, -0.25) is 19.5 Å². The van der Waals surface area contributed by atoms with Gasteiger partial charge < -0.3 is 20.0 Å². The van der Waals surface area contributed by atoms with Gasteiger partial charge in [0.15, 0.2) is 5.76 Å². The third kappa shape index (κ3) is 4.02. The molecule has 2 aromatic heterocycles. The number of aromatic nitrogens is 2. The fourth-order valence-corrected chi connectivity index (χ4v) is 3.17. The first-order valence-corrected chi connectivity index (χ1v) is 9.00. The van der Waals surface area contributed by atoms with E-state index in [9.17, 15) is 14.4 Å². The van der Waals surface area contributed by atoms with E-state index in [0.29, 0.717) is 13.0 Å². The monoisotopic (exact) mass is 373 g/mol. The van der Waals surface area contributed by atoms with E-state index in [2.05, 4.69) is 20.8 Å². The molecule has 2 aromatic rings. The molecule has 3 N–H and O–H groups in total. The second kappa shape index (κ2) is 8.07. The van der Waals surface area contributed by atoms with Crippen molar-refractivity contribution in [3.63, 3.8) is 0 Å². The van der Waals surface area contributed by atoms with Crippen molar-refractivity contribution in [1.29, 1.82) is 0 Å². The van der Waals surface area contributed by atoms with Crippen molar-refractivity contribution in [1.82, 2.24) is 25.7 Å². The third-order valence-corrected chi connectivity index (χ3v) is 4.53. The molecule has 0 radical (unpaired) electrons. The van der Waals surface area contributed by atoms with E-state index in [0.717, 1.165) is 12.1 Å². The highest BCUT2D eigenvalue weighted by molar-refractivity contribution is 5.97. The summed E-state index contributed by atoms with van der Waals surface area (Å²) in [5.74, 6) is -0.764. The first-order chi connectivity index (χ1) is 13.0. The lowest BCUT2D eigenvalue weighted by atomic mass is 10.1. The highest BCUT2D eigenvalue weighted by Crippen LogP contribution is 2.21. The summed E-state index contributed by atoms with van der Waals surface area (Å²) in [7, 11) is 0. The fourth-order valence-electron chi connectivity index (χ4n) is 3.17. The topological polar surface area (TPSA) is 120 Å². The molecule has 3 rings (SSSR count). The zero-order valence-corrected chi connectivity index (χ0v) is 15.3. The number of carbonyl (C=O) groups is 3. The lowest BCUT2D eigenvalue weighted by Gasteiger charge is -2.22. The largest absolute Gasteiger partial charge is 0.459 e. The summed E-state index contributed by atoms with van der Waals surface area (Å²) >= 11 is 0. The standard InChI is InChI=1S/C18H23N5O4/c1-3-11-8-13(22-21-11)18(26)23-10-12(9-14(23)16(24)19-4-2)20-17(25)15-6-5-7-27-15/h5-8,12,14H,3-4,9-10H2,1-2H3,(H,19,24)(H,20,25)(H,21,22)/t12-,14-/m0/s1. The number of aromatic amines is 1. The minimum absolute atomic E-state index is 0.189. The van der Waals surface area contributed by atoms with Gasteiger partial charge in [-0.15, -0.1) is 0 Å². The SMILES string of the molecule is CCNC(=O)[C@@H]1C[C@H](NC(=O)c2ccco2)CN1C(=O)c1cc(CC)[nH]n1. The number of hydrogen-bond donors (Lipinski definition) is 3. The van der Waals surface area contributed by atoms with Crippen molar-refractivity contribution >= 4 is 17.7 Å². The highest BCUT2D eigenvalue weighted by atomic mass is 16.3. The van der Waals surface area contributed by atoms with Gasteiger partial charge in [-0.1, -0.05) is 6.92 Å². The zero-order valence-electron chi connectivity index (χ0n) is 15.3. The molecule has 0 aliphatic carbocycles. The van der Waals surface area contributed by atoms with Crippen LogP contribution in [0.15, 0.2) is 28.9 Å². The average Bonchev–Trinajstić information content (AvgIpc) is 3.40. The van der Waals surface area contributed by atoms with Crippen LogP contribution in [0.5, 0.6) is 0 Å². The van der Waals surface area contributed by atoms with E-state index in [-0.39, 0.29) is 41.8 Å². The van der Waals surface area contributed by atoms with Crippen LogP contribution in [0.3, 0.4) is 0 Å². The van der Waals surface area contributed by atoms with Gasteiger partial charge in [-0.2, -0.15) is 5.10 Å². The Balaban J connectivity index is 1.75. The number of likely N-dealkylation sites (tertiary alicyclic amines) is 1. The molecule has 1 saturated heterocycles. The molecular weight excluding hydrogens is 350 g/mol. The molecule has 1 aliphatic rings. The van der Waals surface area contributed by atoms with Crippen LogP contribution < -0.4 is 10.6 Å². The number of furan rings is 1. The quantitative estimate of drug-likeness (QED) is 0.689. The molecule has 0 saturated carbocycles. The molecule has 3 heterocycles. The van der Waals surface area contributed by atoms with E-state index in [1.807, 2.05) is 13.8 Å². The minimum Gasteiger partial charge on any atom is -0.459 e. The molecule has 2 atom stereocenters. The van der Waals surface area contributed by atoms with Crippen LogP contribution in [0.4, 0.5) is 0 Å². The normalized spacial score (nSPS) is 19.1. The van der Waals surface area contributed by atoms with Gasteiger partial charge in [-0.25, -0.2) is 0 Å². The average molecular weight is 373 g/mol. The van der Waals surface area contributed by atoms with Gasteiger partial charge >= 0.3 is 0 Å². The molecule has 1 fully saturated rings. The van der Waals surface area contributed by atoms with Gasteiger partial charge in [0.1, 0.15) is 11.7 Å². The van der Waals surface area contributed by atoms with Crippen molar-refractivity contribution in [2.45, 2.75) is 38.8 Å². The summed E-state index contributed by atoms with van der Waals surface area (Å²) in [5, 5.41) is 12.4. The minimum atomic E-state index is -0.666. The first kappa shape index (κ1) is 18.7. The molecule has 0 aromatic carbocycles. The number of carbonyl (C=O) groups excluding carboxylic acids is 3. The molecule has 27 heavy (non-hydrogen) atoms. The Morgan fingerprint density at radius 2 is 2.19 bits per heavy atom. The smallest absolute Gasteiger partial charge is 0.287 e. The van der Waals surface area contributed by atoms with Gasteiger partial charge in [-0.05, 0) is 38.0 Å². The molecule has 1 aliphatic heterocycles. The molecule has 0 unspecified atom stereocenters. The second-order valence-electron chi connectivity index (χ2n) is 6.38. The van der Waals surface area contributed by atoms with Gasteiger partial charge in [0.05, 0.1) is 6.26 Å². The van der Waals surface area contributed by atoms with Crippen LogP contribution >= 0.6 is 0 Å². The highest BCUT2D eigenvalue weighted by Gasteiger charge is 2.41. The Bertz CT molecular complexity index is 814. The maximum atomic E-state index is 12.9. The summed E-state index contributed by atoms with van der Waals surface area (Å²) in [6.45, 7) is 4.45. The van der Waals surface area contributed by atoms with Crippen molar-refractivity contribution < 1.29 is 18.8 Å². The Labute approximate surface area is 156 Å². The van der Waals surface area contributed by atoms with E-state index in [1.54, 1.807) is 18.2 Å². The van der Waals surface area contributed by atoms with Crippen LogP contribution in [0.25, 0.3) is 0 Å². The Morgan fingerprint density at radius 1 is 1.37 bits per heavy atom. The maximum absolute atomic E-state index is 12.9. The maximum Gasteiger partial charge on any atom is 0.287 e. The molecule has 9 nitrogen and oxygen atoms in total. The number of nitrogens with zero attached hydrogens (tertiary/aromatic N) is 2. The lowest BCUT2D eigenvalue weighted by Crippen LogP contribution is -2.46. The number of likely N-dealkylation sites (N-methyl/N-ethyl adjacent to an activating group) is 1. The second-order valence-corrected chi connectivity index (χ2v) is 6.38. The number of hydrogen-bond acceptors (Lipinski definition) is 5. The first-order valence-electron chi connectivity index (χ1n) is 9.00. The summed E-state index contributed by atoms with van der Waals surface area (Å²) in [6.07, 6.45) is 2.47. The number of rotatable bonds is 6. The van der Waals surface area contributed by atoms with E-state index >= 15 is 0 Å². The van der Waals surface area contributed by atoms with Crippen LogP contribution in [-0.2, 0) is 11.2 Å². The predicted octanol–water partition coefficient (Wildman–Crippen LogP) is 0.714. The lowest BCUT2D eigenvalue weighted by molar-refractivity contribution is -0.124. The Hall–Kier alpha value is -3.10. The summed E-state index contributed by atoms with van der Waals surface area (Å²) < 4.78 is 5.09. The summed E-state index contributed by atoms with van der Waals surface area (Å²) in [6, 6.07) is 3.85. The Morgan fingerprint density at radius 3 is 2.81 bits per heavy atom. The number of nitrogens with one attached hydrogen (secondary N) is 3. The van der Waals surface area contributed by atoms with Crippen LogP contribution in [-0.4, -0.2) is 58.0 Å². The van der Waals surface area contributed by atoms with Gasteiger partial charge in [0.25, 0.3) is 11.8 Å². The fraction of sp³-hybridized carbons (Fsp3) is 0.444. The Kier molecular flexibility index (Phi) is 5.58. The molecule has 0 bridgehead atoms. The molecule has 9 heteroatoms. The van der Waals surface area contributed by atoms with Gasteiger partial charge in [0, 0.05) is 24.8 Å². The van der Waals surface area contributed by atoms with Crippen LogP contribution in [0, 0.1) is 0 Å². The van der Waals surface area contributed by atoms with E-state index in [1.165, 1.54) is 11.2 Å². The van der Waals surface area contributed by atoms with Crippen molar-refractivity contribution in [3.8, 4) is 0 Å². The zero-order chi connectivity index (χ0) is 19.4. The molecule has 0 spiro atoms. The van der Waals surface area contributed by atoms with Crippen molar-refractivity contribution in [3.05, 3.63) is 41.6 Å².